The fourth-order valence-electron chi connectivity index (χ4n) is 2.09. The summed E-state index contributed by atoms with van der Waals surface area (Å²) >= 11 is 3.12. The highest BCUT2D eigenvalue weighted by atomic mass is 79.9. The van der Waals surface area contributed by atoms with Crippen LogP contribution in [0.4, 0.5) is 18.9 Å². The predicted octanol–water partition coefficient (Wildman–Crippen LogP) is 4.68. The van der Waals surface area contributed by atoms with Gasteiger partial charge in [0.2, 0.25) is 0 Å². The molecule has 2 aromatic carbocycles. The Labute approximate surface area is 145 Å². The normalized spacial score (nSPS) is 11.6. The van der Waals surface area contributed by atoms with Gasteiger partial charge in [0.05, 0.1) is 17.8 Å². The Morgan fingerprint density at radius 2 is 1.88 bits per heavy atom. The molecule has 0 atom stereocenters. The van der Waals surface area contributed by atoms with E-state index in [4.69, 9.17) is 5.73 Å². The SMILES string of the molecule is CC(CC(=O)c1ccc(Br)cc1F)=NCc1cc(F)cc(F)c1N. The molecule has 0 aromatic heterocycles. The molecule has 126 valence electrons. The third-order valence-electron chi connectivity index (χ3n) is 3.35. The van der Waals surface area contributed by atoms with Gasteiger partial charge in [-0.05, 0) is 31.2 Å². The maximum atomic E-state index is 13.8. The van der Waals surface area contributed by atoms with Crippen LogP contribution in [0.3, 0.4) is 0 Å². The number of halogens is 4. The number of carbonyl (C=O) groups is 1. The van der Waals surface area contributed by atoms with Gasteiger partial charge in [-0.15, -0.1) is 0 Å². The number of Topliss-reactive ketones (excluding diaryl/α,β-unsaturated/α-hetero) is 1. The van der Waals surface area contributed by atoms with E-state index in [2.05, 4.69) is 20.9 Å². The molecule has 3 nitrogen and oxygen atoms in total. The van der Waals surface area contributed by atoms with Crippen molar-refractivity contribution < 1.29 is 18.0 Å². The van der Waals surface area contributed by atoms with E-state index in [-0.39, 0.29) is 29.8 Å². The standard InChI is InChI=1S/C17H14BrF3N2O/c1-9(4-16(24)13-3-2-11(18)6-14(13)20)23-8-10-5-12(19)7-15(21)17(10)22/h2-3,5-7H,4,8,22H2,1H3. The number of nitrogen functional groups attached to an aromatic ring is 1. The summed E-state index contributed by atoms with van der Waals surface area (Å²) in [7, 11) is 0. The van der Waals surface area contributed by atoms with E-state index >= 15 is 0 Å². The van der Waals surface area contributed by atoms with Crippen LogP contribution >= 0.6 is 15.9 Å². The Morgan fingerprint density at radius 3 is 2.54 bits per heavy atom. The van der Waals surface area contributed by atoms with Crippen LogP contribution in [0.5, 0.6) is 0 Å². The van der Waals surface area contributed by atoms with Gasteiger partial charge in [0.25, 0.3) is 0 Å². The number of carbonyl (C=O) groups excluding carboxylic acids is 1. The number of hydrogen-bond acceptors (Lipinski definition) is 3. The summed E-state index contributed by atoms with van der Waals surface area (Å²) in [5.74, 6) is -2.67. The molecule has 0 spiro atoms. The van der Waals surface area contributed by atoms with Crippen LogP contribution in [0.15, 0.2) is 39.8 Å². The first-order valence-corrected chi connectivity index (χ1v) is 7.78. The van der Waals surface area contributed by atoms with Crippen LogP contribution in [-0.2, 0) is 6.54 Å². The molecule has 0 aliphatic rings. The van der Waals surface area contributed by atoms with Gasteiger partial charge in [-0.2, -0.15) is 0 Å². The molecule has 0 heterocycles. The molecule has 2 rings (SSSR count). The van der Waals surface area contributed by atoms with Crippen molar-refractivity contribution in [1.82, 2.24) is 0 Å². The molecule has 0 saturated carbocycles. The molecular formula is C17H14BrF3N2O. The Balaban J connectivity index is 2.10. The number of benzene rings is 2. The minimum atomic E-state index is -0.856. The molecular weight excluding hydrogens is 385 g/mol. The lowest BCUT2D eigenvalue weighted by molar-refractivity contribution is 0.0996. The summed E-state index contributed by atoms with van der Waals surface area (Å²) in [5, 5.41) is 0. The minimum absolute atomic E-state index is 0.0379. The zero-order valence-electron chi connectivity index (χ0n) is 12.7. The molecule has 0 amide bonds. The second kappa shape index (κ2) is 7.61. The van der Waals surface area contributed by atoms with Crippen molar-refractivity contribution in [3.8, 4) is 0 Å². The first-order valence-electron chi connectivity index (χ1n) is 6.99. The lowest BCUT2D eigenvalue weighted by atomic mass is 10.1. The lowest BCUT2D eigenvalue weighted by Crippen LogP contribution is -2.08. The molecule has 24 heavy (non-hydrogen) atoms. The predicted molar refractivity (Wildman–Crippen MR) is 90.6 cm³/mol. The molecule has 0 fully saturated rings. The van der Waals surface area contributed by atoms with Crippen LogP contribution in [0.1, 0.15) is 29.3 Å². The van der Waals surface area contributed by atoms with Crippen LogP contribution in [0, 0.1) is 17.5 Å². The third-order valence-corrected chi connectivity index (χ3v) is 3.84. The second-order valence-corrected chi connectivity index (χ2v) is 6.15. The van der Waals surface area contributed by atoms with Gasteiger partial charge in [-0.1, -0.05) is 15.9 Å². The summed E-state index contributed by atoms with van der Waals surface area (Å²) in [6.07, 6.45) is -0.101. The van der Waals surface area contributed by atoms with Crippen molar-refractivity contribution >= 4 is 33.1 Å². The summed E-state index contributed by atoms with van der Waals surface area (Å²) in [6, 6.07) is 5.94. The molecule has 0 aliphatic carbocycles. The van der Waals surface area contributed by atoms with E-state index < -0.39 is 23.2 Å². The Kier molecular flexibility index (Phi) is 5.77. The third kappa shape index (κ3) is 4.44. The van der Waals surface area contributed by atoms with E-state index in [9.17, 15) is 18.0 Å². The van der Waals surface area contributed by atoms with Crippen molar-refractivity contribution in [2.24, 2.45) is 4.99 Å². The maximum Gasteiger partial charge on any atom is 0.171 e. The van der Waals surface area contributed by atoms with E-state index in [1.165, 1.54) is 12.1 Å². The molecule has 0 bridgehead atoms. The van der Waals surface area contributed by atoms with Gasteiger partial charge >= 0.3 is 0 Å². The van der Waals surface area contributed by atoms with Crippen molar-refractivity contribution in [1.29, 1.82) is 0 Å². The van der Waals surface area contributed by atoms with Crippen molar-refractivity contribution in [2.45, 2.75) is 19.9 Å². The molecule has 0 radical (unpaired) electrons. The number of aliphatic imine (C=N–C) groups is 1. The molecule has 2 aromatic rings. The van der Waals surface area contributed by atoms with Gasteiger partial charge in [-0.3, -0.25) is 9.79 Å². The van der Waals surface area contributed by atoms with Gasteiger partial charge < -0.3 is 5.73 Å². The summed E-state index contributed by atoms with van der Waals surface area (Å²) in [6.45, 7) is 1.52. The number of rotatable bonds is 5. The average Bonchev–Trinajstić information content (AvgIpc) is 2.49. The zero-order chi connectivity index (χ0) is 17.9. The number of nitrogens with zero attached hydrogens (tertiary/aromatic N) is 1. The summed E-state index contributed by atoms with van der Waals surface area (Å²) in [4.78, 5) is 16.2. The monoisotopic (exact) mass is 398 g/mol. The lowest BCUT2D eigenvalue weighted by Gasteiger charge is -2.06. The smallest absolute Gasteiger partial charge is 0.171 e. The van der Waals surface area contributed by atoms with Crippen LogP contribution < -0.4 is 5.73 Å². The quantitative estimate of drug-likeness (QED) is 0.451. The molecule has 0 saturated heterocycles. The number of anilines is 1. The number of ketones is 1. The molecule has 0 aliphatic heterocycles. The number of hydrogen-bond donors (Lipinski definition) is 1. The highest BCUT2D eigenvalue weighted by molar-refractivity contribution is 9.10. The van der Waals surface area contributed by atoms with Gasteiger partial charge in [0.1, 0.15) is 17.5 Å². The average molecular weight is 399 g/mol. The molecule has 0 unspecified atom stereocenters. The van der Waals surface area contributed by atoms with Gasteiger partial charge in [0.15, 0.2) is 5.78 Å². The van der Waals surface area contributed by atoms with Crippen molar-refractivity contribution in [3.63, 3.8) is 0 Å². The fraction of sp³-hybridized carbons (Fsp3) is 0.176. The molecule has 2 N–H and O–H groups in total. The zero-order valence-corrected chi connectivity index (χ0v) is 14.3. The number of nitrogens with two attached hydrogens (primary N) is 1. The topological polar surface area (TPSA) is 55.5 Å². The van der Waals surface area contributed by atoms with Crippen LogP contribution in [0.2, 0.25) is 0 Å². The fourth-order valence-corrected chi connectivity index (χ4v) is 2.42. The van der Waals surface area contributed by atoms with Crippen LogP contribution in [0.25, 0.3) is 0 Å². The van der Waals surface area contributed by atoms with E-state index in [1.807, 2.05) is 0 Å². The van der Waals surface area contributed by atoms with Gasteiger partial charge in [0, 0.05) is 28.2 Å². The van der Waals surface area contributed by atoms with E-state index in [1.54, 1.807) is 13.0 Å². The van der Waals surface area contributed by atoms with Crippen molar-refractivity contribution in [2.75, 3.05) is 5.73 Å². The summed E-state index contributed by atoms with van der Waals surface area (Å²) < 4.78 is 40.8. The largest absolute Gasteiger partial charge is 0.396 e. The van der Waals surface area contributed by atoms with Crippen LogP contribution in [-0.4, -0.2) is 11.5 Å². The summed E-state index contributed by atoms with van der Waals surface area (Å²) in [5.41, 5.74) is 5.91. The van der Waals surface area contributed by atoms with Gasteiger partial charge in [-0.25, -0.2) is 13.2 Å². The van der Waals surface area contributed by atoms with Crippen molar-refractivity contribution in [3.05, 3.63) is 63.4 Å². The second-order valence-electron chi connectivity index (χ2n) is 5.24. The highest BCUT2D eigenvalue weighted by Gasteiger charge is 2.13. The Morgan fingerprint density at radius 1 is 1.17 bits per heavy atom. The Bertz CT molecular complexity index is 822. The maximum absolute atomic E-state index is 13.8. The minimum Gasteiger partial charge on any atom is -0.396 e. The first kappa shape index (κ1) is 18.2. The van der Waals surface area contributed by atoms with E-state index in [0.717, 1.165) is 6.07 Å². The Hall–Kier alpha value is -2.15. The first-order chi connectivity index (χ1) is 11.3. The van der Waals surface area contributed by atoms with E-state index in [0.29, 0.717) is 16.3 Å². The molecule has 7 heteroatoms. The highest BCUT2D eigenvalue weighted by Crippen LogP contribution is 2.20.